The Balaban J connectivity index is 2.06. The molecule has 0 N–H and O–H groups in total. The van der Waals surface area contributed by atoms with Crippen molar-refractivity contribution in [3.05, 3.63) is 65.4 Å². The van der Waals surface area contributed by atoms with Crippen LogP contribution >= 0.6 is 0 Å². The number of benzene rings is 2. The maximum absolute atomic E-state index is 9.06. The van der Waals surface area contributed by atoms with Crippen LogP contribution in [-0.2, 0) is 6.54 Å². The molecule has 1 heterocycles. The van der Waals surface area contributed by atoms with Gasteiger partial charge in [0.05, 0.1) is 25.3 Å². The van der Waals surface area contributed by atoms with Crippen molar-refractivity contribution < 1.29 is 4.74 Å². The van der Waals surface area contributed by atoms with E-state index in [1.54, 1.807) is 13.2 Å². The van der Waals surface area contributed by atoms with E-state index in [0.29, 0.717) is 12.1 Å². The van der Waals surface area contributed by atoms with Crippen molar-refractivity contribution in [1.29, 1.82) is 5.26 Å². The van der Waals surface area contributed by atoms with E-state index in [-0.39, 0.29) is 0 Å². The van der Waals surface area contributed by atoms with E-state index in [0.717, 1.165) is 11.3 Å². The molecule has 21 heavy (non-hydrogen) atoms. The number of hydrogen-bond donors (Lipinski definition) is 0. The first kappa shape index (κ1) is 13.3. The molecule has 0 fully saturated rings. The number of aromatic nitrogens is 1. The van der Waals surface area contributed by atoms with Crippen LogP contribution in [0.25, 0.3) is 10.9 Å². The minimum absolute atomic E-state index is 0.651. The van der Waals surface area contributed by atoms with Gasteiger partial charge >= 0.3 is 0 Å². The molecule has 2 aromatic carbocycles. The van der Waals surface area contributed by atoms with E-state index < -0.39 is 0 Å². The van der Waals surface area contributed by atoms with Crippen LogP contribution in [0, 0.1) is 18.3 Å². The van der Waals surface area contributed by atoms with E-state index in [1.165, 1.54) is 16.5 Å². The molecule has 0 saturated heterocycles. The van der Waals surface area contributed by atoms with E-state index in [4.69, 9.17) is 10.00 Å². The lowest BCUT2D eigenvalue weighted by Crippen LogP contribution is -2.01. The molecule has 3 rings (SSSR count). The Labute approximate surface area is 124 Å². The van der Waals surface area contributed by atoms with Gasteiger partial charge in [-0.15, -0.1) is 0 Å². The average Bonchev–Trinajstić information content (AvgIpc) is 2.92. The number of methoxy groups -OCH3 is 1. The summed E-state index contributed by atoms with van der Waals surface area (Å²) in [5.41, 5.74) is 4.12. The van der Waals surface area contributed by atoms with Gasteiger partial charge in [0.25, 0.3) is 0 Å². The van der Waals surface area contributed by atoms with Crippen molar-refractivity contribution >= 4 is 10.9 Å². The first-order chi connectivity index (χ1) is 10.2. The standard InChI is InChI=1S/C18H16N2O/c1-13-4-3-5-17-16(13)8-9-20(17)12-15-10-14(11-19)6-7-18(15)21-2/h3-10H,12H2,1-2H3. The molecule has 0 aliphatic heterocycles. The number of hydrogen-bond acceptors (Lipinski definition) is 2. The summed E-state index contributed by atoms with van der Waals surface area (Å²) in [5, 5.41) is 10.3. The first-order valence-electron chi connectivity index (χ1n) is 6.84. The van der Waals surface area contributed by atoms with Crippen LogP contribution in [0.1, 0.15) is 16.7 Å². The number of nitrogens with zero attached hydrogens (tertiary/aromatic N) is 2. The minimum atomic E-state index is 0.651. The third kappa shape index (κ3) is 2.36. The van der Waals surface area contributed by atoms with E-state index in [1.807, 2.05) is 12.1 Å². The number of rotatable bonds is 3. The van der Waals surface area contributed by atoms with Crippen LogP contribution in [0.3, 0.4) is 0 Å². The molecular weight excluding hydrogens is 260 g/mol. The first-order valence-corrected chi connectivity index (χ1v) is 6.84. The SMILES string of the molecule is COc1ccc(C#N)cc1Cn1ccc2c(C)cccc21. The lowest BCUT2D eigenvalue weighted by molar-refractivity contribution is 0.408. The van der Waals surface area contributed by atoms with Gasteiger partial charge in [-0.2, -0.15) is 5.26 Å². The summed E-state index contributed by atoms with van der Waals surface area (Å²) < 4.78 is 7.59. The molecule has 3 aromatic rings. The highest BCUT2D eigenvalue weighted by Crippen LogP contribution is 2.25. The van der Waals surface area contributed by atoms with Crippen molar-refractivity contribution in [2.24, 2.45) is 0 Å². The van der Waals surface area contributed by atoms with Crippen LogP contribution < -0.4 is 4.74 Å². The predicted molar refractivity (Wildman–Crippen MR) is 83.5 cm³/mol. The topological polar surface area (TPSA) is 37.9 Å². The third-order valence-electron chi connectivity index (χ3n) is 3.78. The number of ether oxygens (including phenoxy) is 1. The Morgan fingerprint density at radius 3 is 2.81 bits per heavy atom. The van der Waals surface area contributed by atoms with Gasteiger partial charge in [-0.05, 0) is 42.8 Å². The molecule has 0 atom stereocenters. The van der Waals surface area contributed by atoms with Gasteiger partial charge in [0, 0.05) is 22.7 Å². The van der Waals surface area contributed by atoms with Crippen LogP contribution in [0.4, 0.5) is 0 Å². The molecule has 3 nitrogen and oxygen atoms in total. The second-order valence-electron chi connectivity index (χ2n) is 5.09. The number of nitriles is 1. The van der Waals surface area contributed by atoms with Crippen molar-refractivity contribution in [2.45, 2.75) is 13.5 Å². The van der Waals surface area contributed by atoms with E-state index in [2.05, 4.69) is 48.0 Å². The highest BCUT2D eigenvalue weighted by molar-refractivity contribution is 5.83. The van der Waals surface area contributed by atoms with Gasteiger partial charge < -0.3 is 9.30 Å². The van der Waals surface area contributed by atoms with Crippen LogP contribution in [0.2, 0.25) is 0 Å². The van der Waals surface area contributed by atoms with Gasteiger partial charge in [0.15, 0.2) is 0 Å². The number of aryl methyl sites for hydroxylation is 1. The molecule has 0 spiro atoms. The van der Waals surface area contributed by atoms with E-state index in [9.17, 15) is 0 Å². The Kier molecular flexibility index (Phi) is 3.37. The Hall–Kier alpha value is -2.73. The molecule has 0 amide bonds. The molecule has 3 heteroatoms. The van der Waals surface area contributed by atoms with Crippen LogP contribution in [0.5, 0.6) is 5.75 Å². The van der Waals surface area contributed by atoms with Crippen molar-refractivity contribution in [1.82, 2.24) is 4.57 Å². The van der Waals surface area contributed by atoms with Gasteiger partial charge in [-0.3, -0.25) is 0 Å². The van der Waals surface area contributed by atoms with Gasteiger partial charge in [0.1, 0.15) is 5.75 Å². The van der Waals surface area contributed by atoms with Crippen LogP contribution in [-0.4, -0.2) is 11.7 Å². The average molecular weight is 276 g/mol. The highest BCUT2D eigenvalue weighted by atomic mass is 16.5. The normalized spacial score (nSPS) is 10.5. The summed E-state index contributed by atoms with van der Waals surface area (Å²) in [5.74, 6) is 0.809. The van der Waals surface area contributed by atoms with Crippen molar-refractivity contribution in [3.63, 3.8) is 0 Å². The van der Waals surface area contributed by atoms with E-state index >= 15 is 0 Å². The fraction of sp³-hybridized carbons (Fsp3) is 0.167. The fourth-order valence-electron chi connectivity index (χ4n) is 2.67. The monoisotopic (exact) mass is 276 g/mol. The maximum Gasteiger partial charge on any atom is 0.123 e. The van der Waals surface area contributed by atoms with Gasteiger partial charge in [-0.1, -0.05) is 12.1 Å². The smallest absolute Gasteiger partial charge is 0.123 e. The second kappa shape index (κ2) is 5.34. The molecule has 0 aliphatic carbocycles. The van der Waals surface area contributed by atoms with Gasteiger partial charge in [0.2, 0.25) is 0 Å². The largest absolute Gasteiger partial charge is 0.496 e. The summed E-state index contributed by atoms with van der Waals surface area (Å²) in [7, 11) is 1.66. The molecule has 0 bridgehead atoms. The highest BCUT2D eigenvalue weighted by Gasteiger charge is 2.08. The Morgan fingerprint density at radius 1 is 1.19 bits per heavy atom. The summed E-state index contributed by atoms with van der Waals surface area (Å²) in [6, 6.07) is 16.1. The molecule has 0 saturated carbocycles. The summed E-state index contributed by atoms with van der Waals surface area (Å²) in [4.78, 5) is 0. The number of fused-ring (bicyclic) bond motifs is 1. The predicted octanol–water partition coefficient (Wildman–Crippen LogP) is 3.88. The molecule has 104 valence electrons. The van der Waals surface area contributed by atoms with Gasteiger partial charge in [-0.25, -0.2) is 0 Å². The Bertz CT molecular complexity index is 840. The minimum Gasteiger partial charge on any atom is -0.496 e. The molecule has 0 unspecified atom stereocenters. The van der Waals surface area contributed by atoms with Crippen molar-refractivity contribution in [2.75, 3.05) is 7.11 Å². The quantitative estimate of drug-likeness (QED) is 0.728. The lowest BCUT2D eigenvalue weighted by Gasteiger charge is -2.11. The third-order valence-corrected chi connectivity index (χ3v) is 3.78. The second-order valence-corrected chi connectivity index (χ2v) is 5.09. The summed E-state index contributed by atoms with van der Waals surface area (Å²) >= 11 is 0. The van der Waals surface area contributed by atoms with Crippen molar-refractivity contribution in [3.8, 4) is 11.8 Å². The molecule has 0 aliphatic rings. The molecular formula is C18H16N2O. The fourth-order valence-corrected chi connectivity index (χ4v) is 2.67. The zero-order valence-corrected chi connectivity index (χ0v) is 12.1. The summed E-state index contributed by atoms with van der Waals surface area (Å²) in [6.45, 7) is 2.80. The zero-order chi connectivity index (χ0) is 14.8. The van der Waals surface area contributed by atoms with Crippen LogP contribution in [0.15, 0.2) is 48.7 Å². The lowest BCUT2D eigenvalue weighted by atomic mass is 10.1. The Morgan fingerprint density at radius 2 is 2.05 bits per heavy atom. The molecule has 1 aromatic heterocycles. The maximum atomic E-state index is 9.06. The molecule has 0 radical (unpaired) electrons. The summed E-state index contributed by atoms with van der Waals surface area (Å²) in [6.07, 6.45) is 2.08. The zero-order valence-electron chi connectivity index (χ0n) is 12.1.